The normalized spacial score (nSPS) is 15.9. The van der Waals surface area contributed by atoms with E-state index in [2.05, 4.69) is 11.4 Å². The fraction of sp³-hybridized carbons (Fsp3) is 0.467. The predicted molar refractivity (Wildman–Crippen MR) is 69.9 cm³/mol. The lowest BCUT2D eigenvalue weighted by molar-refractivity contribution is -0.121. The number of nitriles is 1. The zero-order chi connectivity index (χ0) is 12.8. The Kier molecular flexibility index (Phi) is 4.35. The summed E-state index contributed by atoms with van der Waals surface area (Å²) in [5, 5.41) is 12.0. The molecule has 0 saturated heterocycles. The van der Waals surface area contributed by atoms with Crippen molar-refractivity contribution in [3.05, 3.63) is 35.4 Å². The Bertz CT molecular complexity index is 456. The zero-order valence-electron chi connectivity index (χ0n) is 10.5. The molecular formula is C15H18N2O. The number of hydrogen-bond acceptors (Lipinski definition) is 2. The highest BCUT2D eigenvalue weighted by Gasteiger charge is 2.16. The van der Waals surface area contributed by atoms with Crippen molar-refractivity contribution < 1.29 is 4.79 Å². The second-order valence-electron chi connectivity index (χ2n) is 4.85. The molecule has 3 heteroatoms. The van der Waals surface area contributed by atoms with E-state index in [4.69, 9.17) is 5.26 Å². The van der Waals surface area contributed by atoms with Crippen LogP contribution in [0.2, 0.25) is 0 Å². The molecule has 0 bridgehead atoms. The van der Waals surface area contributed by atoms with Gasteiger partial charge in [0.25, 0.3) is 0 Å². The third-order valence-corrected chi connectivity index (χ3v) is 3.46. The summed E-state index contributed by atoms with van der Waals surface area (Å²) >= 11 is 0. The number of rotatable bonds is 3. The molecule has 1 aromatic carbocycles. The molecule has 1 saturated carbocycles. The third-order valence-electron chi connectivity index (χ3n) is 3.46. The standard InChI is InChI=1S/C15H18N2O/c16-11-13-7-5-4-6-12(13)10-15(18)17-14-8-2-1-3-9-14/h4-7,14H,1-3,8-10H2,(H,17,18). The minimum Gasteiger partial charge on any atom is -0.353 e. The van der Waals surface area contributed by atoms with Crippen LogP contribution in [0.25, 0.3) is 0 Å². The van der Waals surface area contributed by atoms with E-state index in [0.717, 1.165) is 18.4 Å². The van der Waals surface area contributed by atoms with Gasteiger partial charge in [-0.1, -0.05) is 37.5 Å². The van der Waals surface area contributed by atoms with E-state index in [1.165, 1.54) is 19.3 Å². The maximum atomic E-state index is 11.9. The molecule has 1 N–H and O–H groups in total. The van der Waals surface area contributed by atoms with E-state index in [-0.39, 0.29) is 5.91 Å². The van der Waals surface area contributed by atoms with Crippen LogP contribution in [-0.4, -0.2) is 11.9 Å². The van der Waals surface area contributed by atoms with E-state index in [9.17, 15) is 4.79 Å². The lowest BCUT2D eigenvalue weighted by Gasteiger charge is -2.22. The lowest BCUT2D eigenvalue weighted by Crippen LogP contribution is -2.37. The Balaban J connectivity index is 1.92. The molecule has 1 aliphatic carbocycles. The van der Waals surface area contributed by atoms with E-state index in [1.54, 1.807) is 6.07 Å². The first-order chi connectivity index (χ1) is 8.79. The lowest BCUT2D eigenvalue weighted by atomic mass is 9.95. The number of carbonyl (C=O) groups is 1. The van der Waals surface area contributed by atoms with Crippen LogP contribution in [0.4, 0.5) is 0 Å². The van der Waals surface area contributed by atoms with Gasteiger partial charge in [0.15, 0.2) is 0 Å². The predicted octanol–water partition coefficient (Wildman–Crippen LogP) is 2.55. The summed E-state index contributed by atoms with van der Waals surface area (Å²) in [7, 11) is 0. The Morgan fingerprint density at radius 3 is 2.72 bits per heavy atom. The number of nitrogens with zero attached hydrogens (tertiary/aromatic N) is 1. The summed E-state index contributed by atoms with van der Waals surface area (Å²) in [5.74, 6) is 0.0320. The minimum atomic E-state index is 0.0320. The van der Waals surface area contributed by atoms with Crippen molar-refractivity contribution in [2.24, 2.45) is 0 Å². The van der Waals surface area contributed by atoms with Gasteiger partial charge in [0.05, 0.1) is 18.1 Å². The van der Waals surface area contributed by atoms with Crippen LogP contribution in [0.5, 0.6) is 0 Å². The number of nitrogens with one attached hydrogen (secondary N) is 1. The Labute approximate surface area is 108 Å². The van der Waals surface area contributed by atoms with Gasteiger partial charge in [-0.05, 0) is 24.5 Å². The highest BCUT2D eigenvalue weighted by molar-refractivity contribution is 5.79. The minimum absolute atomic E-state index is 0.0320. The fourth-order valence-corrected chi connectivity index (χ4v) is 2.48. The summed E-state index contributed by atoms with van der Waals surface area (Å²) in [4.78, 5) is 11.9. The SMILES string of the molecule is N#Cc1ccccc1CC(=O)NC1CCCCC1. The second kappa shape index (κ2) is 6.20. The fourth-order valence-electron chi connectivity index (χ4n) is 2.48. The van der Waals surface area contributed by atoms with Gasteiger partial charge < -0.3 is 5.32 Å². The van der Waals surface area contributed by atoms with E-state index in [0.29, 0.717) is 18.0 Å². The van der Waals surface area contributed by atoms with Crippen LogP contribution in [-0.2, 0) is 11.2 Å². The molecule has 3 nitrogen and oxygen atoms in total. The molecule has 2 rings (SSSR count). The molecule has 0 aliphatic heterocycles. The topological polar surface area (TPSA) is 52.9 Å². The maximum Gasteiger partial charge on any atom is 0.224 e. The van der Waals surface area contributed by atoms with Crippen LogP contribution >= 0.6 is 0 Å². The van der Waals surface area contributed by atoms with Crippen molar-refractivity contribution >= 4 is 5.91 Å². The molecule has 0 aromatic heterocycles. The van der Waals surface area contributed by atoms with Crippen LogP contribution in [0.15, 0.2) is 24.3 Å². The van der Waals surface area contributed by atoms with E-state index < -0.39 is 0 Å². The first kappa shape index (κ1) is 12.6. The summed E-state index contributed by atoms with van der Waals surface area (Å²) < 4.78 is 0. The number of hydrogen-bond donors (Lipinski definition) is 1. The largest absolute Gasteiger partial charge is 0.353 e. The number of amides is 1. The Hall–Kier alpha value is -1.82. The van der Waals surface area contributed by atoms with Gasteiger partial charge in [0.2, 0.25) is 5.91 Å². The molecule has 1 aliphatic rings. The quantitative estimate of drug-likeness (QED) is 0.885. The van der Waals surface area contributed by atoms with E-state index in [1.807, 2.05) is 18.2 Å². The first-order valence-electron chi connectivity index (χ1n) is 6.57. The highest BCUT2D eigenvalue weighted by Crippen LogP contribution is 2.17. The monoisotopic (exact) mass is 242 g/mol. The summed E-state index contributed by atoms with van der Waals surface area (Å²) in [6.07, 6.45) is 6.18. The number of benzene rings is 1. The van der Waals surface area contributed by atoms with Crippen molar-refractivity contribution in [3.8, 4) is 6.07 Å². The molecule has 1 fully saturated rings. The Morgan fingerprint density at radius 2 is 2.00 bits per heavy atom. The summed E-state index contributed by atoms with van der Waals surface area (Å²) in [5.41, 5.74) is 1.41. The van der Waals surface area contributed by atoms with Crippen molar-refractivity contribution in [2.45, 2.75) is 44.6 Å². The molecule has 94 valence electrons. The number of carbonyl (C=O) groups excluding carboxylic acids is 1. The van der Waals surface area contributed by atoms with Gasteiger partial charge in [-0.15, -0.1) is 0 Å². The molecule has 0 spiro atoms. The molecule has 18 heavy (non-hydrogen) atoms. The molecular weight excluding hydrogens is 224 g/mol. The van der Waals surface area contributed by atoms with Crippen molar-refractivity contribution in [1.29, 1.82) is 5.26 Å². The van der Waals surface area contributed by atoms with Crippen molar-refractivity contribution in [3.63, 3.8) is 0 Å². The molecule has 1 amide bonds. The molecule has 0 unspecified atom stereocenters. The zero-order valence-corrected chi connectivity index (χ0v) is 10.5. The van der Waals surface area contributed by atoms with Crippen LogP contribution in [0.1, 0.15) is 43.2 Å². The smallest absolute Gasteiger partial charge is 0.224 e. The van der Waals surface area contributed by atoms with Crippen LogP contribution in [0, 0.1) is 11.3 Å². The molecule has 0 radical (unpaired) electrons. The average molecular weight is 242 g/mol. The third kappa shape index (κ3) is 3.33. The van der Waals surface area contributed by atoms with Crippen molar-refractivity contribution in [2.75, 3.05) is 0 Å². The molecule has 1 aromatic rings. The molecule has 0 heterocycles. The summed E-state index contributed by atoms with van der Waals surface area (Å²) in [6, 6.07) is 9.74. The average Bonchev–Trinajstić information content (AvgIpc) is 2.40. The van der Waals surface area contributed by atoms with Crippen LogP contribution < -0.4 is 5.32 Å². The van der Waals surface area contributed by atoms with Crippen molar-refractivity contribution in [1.82, 2.24) is 5.32 Å². The van der Waals surface area contributed by atoms with Crippen LogP contribution in [0.3, 0.4) is 0 Å². The Morgan fingerprint density at radius 1 is 1.28 bits per heavy atom. The van der Waals surface area contributed by atoms with Gasteiger partial charge >= 0.3 is 0 Å². The molecule has 0 atom stereocenters. The van der Waals surface area contributed by atoms with Gasteiger partial charge in [0, 0.05) is 6.04 Å². The first-order valence-corrected chi connectivity index (χ1v) is 6.57. The maximum absolute atomic E-state index is 11.9. The van der Waals surface area contributed by atoms with Gasteiger partial charge in [-0.2, -0.15) is 5.26 Å². The second-order valence-corrected chi connectivity index (χ2v) is 4.85. The van der Waals surface area contributed by atoms with Gasteiger partial charge in [-0.3, -0.25) is 4.79 Å². The highest BCUT2D eigenvalue weighted by atomic mass is 16.1. The van der Waals surface area contributed by atoms with Gasteiger partial charge in [-0.25, -0.2) is 0 Å². The van der Waals surface area contributed by atoms with Gasteiger partial charge in [0.1, 0.15) is 0 Å². The summed E-state index contributed by atoms with van der Waals surface area (Å²) in [6.45, 7) is 0. The van der Waals surface area contributed by atoms with E-state index >= 15 is 0 Å².